The molecule has 1 N–H and O–H groups in total. The van der Waals surface area contributed by atoms with Crippen molar-refractivity contribution in [3.63, 3.8) is 0 Å². The minimum Gasteiger partial charge on any atom is -0.478 e. The maximum Gasteiger partial charge on any atom is 0.337 e. The number of carboxylic acids is 1. The number of carbonyl (C=O) groups is 1. The van der Waals surface area contributed by atoms with E-state index in [4.69, 9.17) is 9.72 Å². The molecule has 1 aliphatic heterocycles. The van der Waals surface area contributed by atoms with Crippen molar-refractivity contribution in [1.29, 1.82) is 0 Å². The van der Waals surface area contributed by atoms with Gasteiger partial charge in [-0.25, -0.2) is 9.78 Å². The van der Waals surface area contributed by atoms with E-state index in [9.17, 15) is 9.90 Å². The normalized spacial score (nSPS) is 23.0. The molecule has 2 unspecified atom stereocenters. The van der Waals surface area contributed by atoms with Gasteiger partial charge in [0.15, 0.2) is 11.2 Å². The number of imidazole rings is 1. The minimum atomic E-state index is -1.04. The Morgan fingerprint density at radius 2 is 1.94 bits per heavy atom. The predicted octanol–water partition coefficient (Wildman–Crippen LogP) is 2.90. The highest BCUT2D eigenvalue weighted by atomic mass is 16.5. The third-order valence-electron chi connectivity index (χ3n) is 6.51. The second-order valence-electron chi connectivity index (χ2n) is 8.12. The molecule has 0 bridgehead atoms. The van der Waals surface area contributed by atoms with Crippen LogP contribution in [0.2, 0.25) is 0 Å². The van der Waals surface area contributed by atoms with Gasteiger partial charge in [0.1, 0.15) is 5.82 Å². The van der Waals surface area contributed by atoms with Crippen LogP contribution in [0.3, 0.4) is 0 Å². The lowest BCUT2D eigenvalue weighted by Gasteiger charge is -2.54. The zero-order valence-electron chi connectivity index (χ0n) is 18.0. The molecule has 2 aromatic carbocycles. The van der Waals surface area contributed by atoms with Crippen LogP contribution in [-0.4, -0.2) is 47.4 Å². The van der Waals surface area contributed by atoms with Crippen molar-refractivity contribution in [2.24, 2.45) is 7.05 Å². The molecule has 0 spiro atoms. The summed E-state index contributed by atoms with van der Waals surface area (Å²) in [6, 6.07) is 15.1. The van der Waals surface area contributed by atoms with Crippen LogP contribution in [0.5, 0.6) is 0 Å². The average Bonchev–Trinajstić information content (AvgIpc) is 3.42. The predicted molar refractivity (Wildman–Crippen MR) is 119 cm³/mol. The molecular formula is C24H20N6O3. The molecule has 4 aromatic rings. The fourth-order valence-electron chi connectivity index (χ4n) is 5.15. The molecular weight excluding hydrogens is 420 g/mol. The zero-order chi connectivity index (χ0) is 22.8. The fourth-order valence-corrected chi connectivity index (χ4v) is 5.15. The van der Waals surface area contributed by atoms with E-state index in [0.29, 0.717) is 29.3 Å². The second kappa shape index (κ2) is 6.69. The maximum absolute atomic E-state index is 11.9. The number of aromatic carboxylic acids is 1. The molecule has 0 saturated carbocycles. The standard InChI is InChI=1S/C24H20N6O3/c1-3-33-24-14-16(15-8-5-4-6-9-15)12-13-23(24,22-26-27-28-30(22)24)21-25-18-11-7-10-17(20(31)32)19(18)29(21)2/h4-14H,3H2,1-2H3,(H,31,32). The van der Waals surface area contributed by atoms with Crippen LogP contribution in [0, 0.1) is 0 Å². The molecule has 2 aromatic heterocycles. The van der Waals surface area contributed by atoms with Gasteiger partial charge in [-0.3, -0.25) is 0 Å². The Morgan fingerprint density at radius 3 is 2.70 bits per heavy atom. The van der Waals surface area contributed by atoms with Gasteiger partial charge in [0, 0.05) is 13.7 Å². The van der Waals surface area contributed by atoms with E-state index in [1.807, 2.05) is 73.2 Å². The minimum absolute atomic E-state index is 0.186. The summed E-state index contributed by atoms with van der Waals surface area (Å²) in [5.74, 6) is 0.194. The molecule has 3 heterocycles. The van der Waals surface area contributed by atoms with Crippen LogP contribution in [0.15, 0.2) is 66.8 Å². The summed E-state index contributed by atoms with van der Waals surface area (Å²) in [5, 5.41) is 22.2. The third-order valence-corrected chi connectivity index (χ3v) is 6.51. The molecule has 2 atom stereocenters. The lowest BCUT2D eigenvalue weighted by molar-refractivity contribution is -0.150. The highest BCUT2D eigenvalue weighted by Gasteiger charge is 2.70. The number of rotatable bonds is 5. The molecule has 2 aliphatic rings. The number of carboxylic acid groups (broad SMARTS) is 1. The Morgan fingerprint density at radius 1 is 1.12 bits per heavy atom. The van der Waals surface area contributed by atoms with Gasteiger partial charge in [0.25, 0.3) is 0 Å². The number of hydrogen-bond donors (Lipinski definition) is 1. The molecule has 0 saturated heterocycles. The molecule has 0 radical (unpaired) electrons. The van der Waals surface area contributed by atoms with Gasteiger partial charge in [-0.2, -0.15) is 4.68 Å². The Bertz CT molecular complexity index is 1480. The smallest absolute Gasteiger partial charge is 0.337 e. The van der Waals surface area contributed by atoms with E-state index in [2.05, 4.69) is 15.5 Å². The van der Waals surface area contributed by atoms with Crippen molar-refractivity contribution in [3.8, 4) is 0 Å². The topological polar surface area (TPSA) is 108 Å². The highest BCUT2D eigenvalue weighted by Crippen LogP contribution is 2.58. The van der Waals surface area contributed by atoms with Gasteiger partial charge in [0.2, 0.25) is 5.72 Å². The van der Waals surface area contributed by atoms with Gasteiger partial charge < -0.3 is 14.4 Å². The second-order valence-corrected chi connectivity index (χ2v) is 8.12. The number of tetrazole rings is 1. The van der Waals surface area contributed by atoms with Crippen LogP contribution < -0.4 is 0 Å². The number of ether oxygens (including phenoxy) is 1. The number of nitrogens with zero attached hydrogens (tertiary/aromatic N) is 6. The number of aryl methyl sites for hydroxylation is 1. The summed E-state index contributed by atoms with van der Waals surface area (Å²) in [6.07, 6.45) is 6.09. The third kappa shape index (κ3) is 2.31. The van der Waals surface area contributed by atoms with Crippen LogP contribution in [0.25, 0.3) is 16.6 Å². The first-order chi connectivity index (χ1) is 16.0. The van der Waals surface area contributed by atoms with Crippen molar-refractivity contribution < 1.29 is 14.6 Å². The molecule has 9 heteroatoms. The van der Waals surface area contributed by atoms with E-state index in [1.165, 1.54) is 0 Å². The summed E-state index contributed by atoms with van der Waals surface area (Å²) >= 11 is 0. The molecule has 6 rings (SSSR count). The van der Waals surface area contributed by atoms with Crippen molar-refractivity contribution in [3.05, 3.63) is 89.5 Å². The van der Waals surface area contributed by atoms with Crippen LogP contribution in [-0.2, 0) is 22.9 Å². The molecule has 164 valence electrons. The summed E-state index contributed by atoms with van der Waals surface area (Å²) in [6.45, 7) is 2.34. The molecule has 33 heavy (non-hydrogen) atoms. The summed E-state index contributed by atoms with van der Waals surface area (Å²) in [5.41, 5.74) is 1.37. The molecule has 1 aliphatic carbocycles. The van der Waals surface area contributed by atoms with Gasteiger partial charge in [-0.1, -0.05) is 48.6 Å². The monoisotopic (exact) mass is 440 g/mol. The first-order valence-electron chi connectivity index (χ1n) is 10.6. The quantitative estimate of drug-likeness (QED) is 0.508. The van der Waals surface area contributed by atoms with Gasteiger partial charge in [-0.05, 0) is 46.7 Å². The Kier molecular flexibility index (Phi) is 3.97. The van der Waals surface area contributed by atoms with E-state index in [-0.39, 0.29) is 5.56 Å². The Labute approximate surface area is 188 Å². The van der Waals surface area contributed by atoms with Crippen molar-refractivity contribution >= 4 is 22.6 Å². The SMILES string of the molecule is CCOC12C=C(c3ccccc3)C=CC1(c1nc3cccc(C(=O)O)c3n1C)c1nnnn12. The maximum atomic E-state index is 11.9. The van der Waals surface area contributed by atoms with Crippen molar-refractivity contribution in [2.45, 2.75) is 18.1 Å². The van der Waals surface area contributed by atoms with Crippen molar-refractivity contribution in [1.82, 2.24) is 29.8 Å². The first kappa shape index (κ1) is 19.6. The van der Waals surface area contributed by atoms with Crippen LogP contribution >= 0.6 is 0 Å². The van der Waals surface area contributed by atoms with E-state index in [0.717, 1.165) is 11.1 Å². The summed E-state index contributed by atoms with van der Waals surface area (Å²) in [7, 11) is 1.82. The molecule has 0 amide bonds. The lowest BCUT2D eigenvalue weighted by atomic mass is 9.65. The summed E-state index contributed by atoms with van der Waals surface area (Å²) < 4.78 is 9.91. The zero-order valence-corrected chi connectivity index (χ0v) is 18.0. The number of allylic oxidation sites excluding steroid dienone is 2. The number of para-hydroxylation sites is 1. The number of aromatic nitrogens is 6. The number of fused-ring (bicyclic) bond motifs is 5. The van der Waals surface area contributed by atoms with Gasteiger partial charge in [-0.15, -0.1) is 5.10 Å². The van der Waals surface area contributed by atoms with E-state index >= 15 is 0 Å². The fraction of sp³-hybridized carbons (Fsp3) is 0.208. The average molecular weight is 440 g/mol. The number of benzene rings is 2. The Hall–Kier alpha value is -4.11. The molecule has 0 fully saturated rings. The van der Waals surface area contributed by atoms with E-state index < -0.39 is 17.1 Å². The largest absolute Gasteiger partial charge is 0.478 e. The van der Waals surface area contributed by atoms with Crippen LogP contribution in [0.1, 0.15) is 34.5 Å². The highest BCUT2D eigenvalue weighted by molar-refractivity contribution is 6.01. The lowest BCUT2D eigenvalue weighted by Crippen LogP contribution is -2.66. The van der Waals surface area contributed by atoms with Crippen molar-refractivity contribution in [2.75, 3.05) is 6.61 Å². The number of hydrogen-bond acceptors (Lipinski definition) is 6. The Balaban J connectivity index is 1.65. The first-order valence-corrected chi connectivity index (χ1v) is 10.6. The molecule has 9 nitrogen and oxygen atoms in total. The summed E-state index contributed by atoms with van der Waals surface area (Å²) in [4.78, 5) is 16.8. The van der Waals surface area contributed by atoms with E-state index in [1.54, 1.807) is 16.8 Å². The van der Waals surface area contributed by atoms with Crippen LogP contribution in [0.4, 0.5) is 0 Å². The van der Waals surface area contributed by atoms with Gasteiger partial charge in [0.05, 0.1) is 16.6 Å². The van der Waals surface area contributed by atoms with Gasteiger partial charge >= 0.3 is 5.97 Å².